The van der Waals surface area contributed by atoms with Crippen molar-refractivity contribution in [1.82, 2.24) is 20.5 Å². The van der Waals surface area contributed by atoms with Crippen molar-refractivity contribution in [3.05, 3.63) is 23.9 Å². The highest BCUT2D eigenvalue weighted by molar-refractivity contribution is 14.0. The topological polar surface area (TPSA) is 55.8 Å². The lowest BCUT2D eigenvalue weighted by atomic mass is 9.99. The molecule has 2 aliphatic heterocycles. The molecule has 1 unspecified atom stereocenters. The molecule has 2 saturated heterocycles. The molecule has 3 rings (SSSR count). The average Bonchev–Trinajstić information content (AvgIpc) is 2.75. The Hall–Kier alpha value is -1.09. The molecular weight excluding hydrogens is 487 g/mol. The molecule has 0 bridgehead atoms. The number of nitrogens with one attached hydrogen (secondary N) is 2. The number of piperidine rings is 2. The minimum Gasteiger partial charge on any atom is -0.357 e. The average molecular weight is 529 g/mol. The van der Waals surface area contributed by atoms with Gasteiger partial charge in [0, 0.05) is 52.0 Å². The predicted molar refractivity (Wildman–Crippen MR) is 138 cm³/mol. The van der Waals surface area contributed by atoms with Crippen molar-refractivity contribution in [2.24, 2.45) is 10.9 Å². The normalized spacial score (nSPS) is 21.2. The van der Waals surface area contributed by atoms with Gasteiger partial charge in [-0.15, -0.1) is 24.0 Å². The molecule has 0 aliphatic carbocycles. The summed E-state index contributed by atoms with van der Waals surface area (Å²) < 4.78 is 0. The van der Waals surface area contributed by atoms with Crippen LogP contribution in [0.4, 0.5) is 5.82 Å². The number of hydrogen-bond acceptors (Lipinski definition) is 4. The Kier molecular flexibility index (Phi) is 11.2. The maximum absolute atomic E-state index is 4.69. The SMILES string of the molecule is CN=C(NCCCN1CCCCC1C)NCc1ccc(N2CCC(C)CC2)nc1.I. The van der Waals surface area contributed by atoms with Crippen LogP contribution in [-0.2, 0) is 6.54 Å². The Morgan fingerprint density at radius 3 is 2.57 bits per heavy atom. The number of anilines is 1. The number of guanidine groups is 1. The molecule has 2 aliphatic rings. The maximum atomic E-state index is 4.69. The molecule has 1 aromatic rings. The van der Waals surface area contributed by atoms with Crippen LogP contribution < -0.4 is 15.5 Å². The van der Waals surface area contributed by atoms with E-state index >= 15 is 0 Å². The quantitative estimate of drug-likeness (QED) is 0.244. The zero-order valence-electron chi connectivity index (χ0n) is 19.1. The van der Waals surface area contributed by atoms with Gasteiger partial charge in [-0.2, -0.15) is 0 Å². The van der Waals surface area contributed by atoms with Crippen molar-refractivity contribution in [2.75, 3.05) is 44.7 Å². The zero-order valence-corrected chi connectivity index (χ0v) is 21.4. The third-order valence-corrected chi connectivity index (χ3v) is 6.46. The first kappa shape index (κ1) is 25.2. The highest BCUT2D eigenvalue weighted by atomic mass is 127. The first-order chi connectivity index (χ1) is 14.2. The lowest BCUT2D eigenvalue weighted by Crippen LogP contribution is -2.41. The molecule has 2 N–H and O–H groups in total. The molecule has 0 saturated carbocycles. The van der Waals surface area contributed by atoms with Crippen LogP contribution in [0.5, 0.6) is 0 Å². The van der Waals surface area contributed by atoms with E-state index in [-0.39, 0.29) is 24.0 Å². The third-order valence-electron chi connectivity index (χ3n) is 6.46. The van der Waals surface area contributed by atoms with E-state index in [0.717, 1.165) is 56.3 Å². The standard InChI is InChI=1S/C23H40N6.HI/c1-19-10-15-29(16-11-19)22-9-8-21(17-26-22)18-27-23(24-3)25-12-6-14-28-13-5-4-7-20(28)2;/h8-9,17,19-20H,4-7,10-16,18H2,1-3H3,(H2,24,25,27);1H. The van der Waals surface area contributed by atoms with Crippen LogP contribution in [0.15, 0.2) is 23.3 Å². The van der Waals surface area contributed by atoms with Crippen LogP contribution in [0.1, 0.15) is 57.9 Å². The first-order valence-corrected chi connectivity index (χ1v) is 11.5. The summed E-state index contributed by atoms with van der Waals surface area (Å²) in [5, 5.41) is 6.85. The Balaban J connectivity index is 0.00000320. The fraction of sp³-hybridized carbons (Fsp3) is 0.739. The van der Waals surface area contributed by atoms with Gasteiger partial charge in [0.25, 0.3) is 0 Å². The van der Waals surface area contributed by atoms with Crippen molar-refractivity contribution in [1.29, 1.82) is 0 Å². The lowest BCUT2D eigenvalue weighted by molar-refractivity contribution is 0.159. The number of halogens is 1. The number of aromatic nitrogens is 1. The van der Waals surface area contributed by atoms with Crippen LogP contribution in [0.3, 0.4) is 0 Å². The fourth-order valence-electron chi connectivity index (χ4n) is 4.33. The summed E-state index contributed by atoms with van der Waals surface area (Å²) in [6, 6.07) is 5.08. The second-order valence-corrected chi connectivity index (χ2v) is 8.78. The van der Waals surface area contributed by atoms with E-state index in [4.69, 9.17) is 0 Å². The van der Waals surface area contributed by atoms with Gasteiger partial charge >= 0.3 is 0 Å². The number of hydrogen-bond donors (Lipinski definition) is 2. The van der Waals surface area contributed by atoms with E-state index in [2.05, 4.69) is 56.4 Å². The van der Waals surface area contributed by atoms with E-state index in [1.807, 2.05) is 13.2 Å². The van der Waals surface area contributed by atoms with Gasteiger partial charge in [0.2, 0.25) is 0 Å². The van der Waals surface area contributed by atoms with Crippen LogP contribution in [-0.4, -0.2) is 61.7 Å². The molecule has 0 spiro atoms. The van der Waals surface area contributed by atoms with E-state index < -0.39 is 0 Å². The summed E-state index contributed by atoms with van der Waals surface area (Å²) in [5.74, 6) is 2.82. The smallest absolute Gasteiger partial charge is 0.191 e. The van der Waals surface area contributed by atoms with Gasteiger partial charge in [0.1, 0.15) is 5.82 Å². The fourth-order valence-corrected chi connectivity index (χ4v) is 4.33. The molecule has 3 heterocycles. The summed E-state index contributed by atoms with van der Waals surface area (Å²) in [6.45, 7) is 11.1. The van der Waals surface area contributed by atoms with E-state index in [1.54, 1.807) is 0 Å². The van der Waals surface area contributed by atoms with Gasteiger partial charge in [-0.3, -0.25) is 4.99 Å². The minimum absolute atomic E-state index is 0. The molecule has 0 amide bonds. The van der Waals surface area contributed by atoms with Crippen molar-refractivity contribution in [3.8, 4) is 0 Å². The van der Waals surface area contributed by atoms with E-state index in [1.165, 1.54) is 50.8 Å². The molecule has 170 valence electrons. The van der Waals surface area contributed by atoms with E-state index in [9.17, 15) is 0 Å². The molecule has 1 atom stereocenters. The van der Waals surface area contributed by atoms with Crippen LogP contribution in [0, 0.1) is 5.92 Å². The highest BCUT2D eigenvalue weighted by Crippen LogP contribution is 2.21. The van der Waals surface area contributed by atoms with Crippen molar-refractivity contribution >= 4 is 35.8 Å². The van der Waals surface area contributed by atoms with Gasteiger partial charge in [-0.25, -0.2) is 4.98 Å². The molecule has 6 nitrogen and oxygen atoms in total. The zero-order chi connectivity index (χ0) is 20.5. The monoisotopic (exact) mass is 528 g/mol. The lowest BCUT2D eigenvalue weighted by Gasteiger charge is -2.33. The van der Waals surface area contributed by atoms with Gasteiger partial charge in [0.15, 0.2) is 5.96 Å². The first-order valence-electron chi connectivity index (χ1n) is 11.5. The molecule has 7 heteroatoms. The van der Waals surface area contributed by atoms with Gasteiger partial charge < -0.3 is 20.4 Å². The number of pyridine rings is 1. The van der Waals surface area contributed by atoms with Crippen LogP contribution in [0.25, 0.3) is 0 Å². The highest BCUT2D eigenvalue weighted by Gasteiger charge is 2.18. The second kappa shape index (κ2) is 13.3. The van der Waals surface area contributed by atoms with Gasteiger partial charge in [0.05, 0.1) is 0 Å². The molecule has 1 aromatic heterocycles. The Labute approximate surface area is 200 Å². The largest absolute Gasteiger partial charge is 0.357 e. The summed E-state index contributed by atoms with van der Waals surface area (Å²) in [6.07, 6.45) is 9.76. The Morgan fingerprint density at radius 2 is 1.90 bits per heavy atom. The van der Waals surface area contributed by atoms with Crippen molar-refractivity contribution < 1.29 is 0 Å². The maximum Gasteiger partial charge on any atom is 0.191 e. The summed E-state index contributed by atoms with van der Waals surface area (Å²) in [5.41, 5.74) is 1.18. The molecule has 0 radical (unpaired) electrons. The van der Waals surface area contributed by atoms with Gasteiger partial charge in [-0.1, -0.05) is 19.4 Å². The van der Waals surface area contributed by atoms with Crippen molar-refractivity contribution in [2.45, 2.75) is 65.0 Å². The third kappa shape index (κ3) is 7.87. The number of rotatable bonds is 7. The predicted octanol–water partition coefficient (Wildman–Crippen LogP) is 3.87. The van der Waals surface area contributed by atoms with Crippen LogP contribution >= 0.6 is 24.0 Å². The Bertz CT molecular complexity index is 627. The summed E-state index contributed by atoms with van der Waals surface area (Å²) >= 11 is 0. The minimum atomic E-state index is 0. The summed E-state index contributed by atoms with van der Waals surface area (Å²) in [7, 11) is 1.83. The molecular formula is C23H41IN6. The second-order valence-electron chi connectivity index (χ2n) is 8.78. The number of aliphatic imine (C=N–C) groups is 1. The number of likely N-dealkylation sites (tertiary alicyclic amines) is 1. The Morgan fingerprint density at radius 1 is 1.10 bits per heavy atom. The molecule has 2 fully saturated rings. The molecule has 30 heavy (non-hydrogen) atoms. The summed E-state index contributed by atoms with van der Waals surface area (Å²) in [4.78, 5) is 14.1. The van der Waals surface area contributed by atoms with E-state index in [0.29, 0.717) is 0 Å². The van der Waals surface area contributed by atoms with Crippen LogP contribution in [0.2, 0.25) is 0 Å². The van der Waals surface area contributed by atoms with Gasteiger partial charge in [-0.05, 0) is 63.1 Å². The molecule has 0 aromatic carbocycles. The van der Waals surface area contributed by atoms with Crippen molar-refractivity contribution in [3.63, 3.8) is 0 Å². The number of nitrogens with zero attached hydrogens (tertiary/aromatic N) is 4.